The molecule has 0 spiro atoms. The second-order valence-electron chi connectivity index (χ2n) is 5.16. The summed E-state index contributed by atoms with van der Waals surface area (Å²) in [6.07, 6.45) is 5.81. The largest absolute Gasteiger partial charge is 0.321 e. The second kappa shape index (κ2) is 5.17. The second-order valence-corrected chi connectivity index (χ2v) is 5.97. The number of rotatable bonds is 2. The lowest BCUT2D eigenvalue weighted by molar-refractivity contribution is 0.221. The highest BCUT2D eigenvalue weighted by atomic mass is 35.5. The molecule has 0 amide bonds. The Morgan fingerprint density at radius 3 is 2.76 bits per heavy atom. The van der Waals surface area contributed by atoms with Gasteiger partial charge in [0.2, 0.25) is 0 Å². The van der Waals surface area contributed by atoms with Gasteiger partial charge in [0.15, 0.2) is 0 Å². The smallest absolute Gasteiger partial charge is 0.0595 e. The van der Waals surface area contributed by atoms with E-state index in [0.29, 0.717) is 10.0 Å². The Balaban J connectivity index is 2.27. The van der Waals surface area contributed by atoms with Gasteiger partial charge in [0.1, 0.15) is 0 Å². The van der Waals surface area contributed by atoms with Gasteiger partial charge >= 0.3 is 0 Å². The minimum Gasteiger partial charge on any atom is -0.321 e. The summed E-state index contributed by atoms with van der Waals surface area (Å²) in [5, 5.41) is 1.20. The van der Waals surface area contributed by atoms with E-state index in [2.05, 4.69) is 6.92 Å². The maximum absolute atomic E-state index is 6.56. The van der Waals surface area contributed by atoms with Crippen molar-refractivity contribution in [3.63, 3.8) is 0 Å². The molecule has 2 rings (SSSR count). The molecule has 1 aromatic carbocycles. The highest BCUT2D eigenvalue weighted by molar-refractivity contribution is 6.42. The molecule has 1 aliphatic carbocycles. The molecule has 0 aliphatic heterocycles. The van der Waals surface area contributed by atoms with E-state index in [0.717, 1.165) is 24.3 Å². The van der Waals surface area contributed by atoms with Crippen molar-refractivity contribution in [3.8, 4) is 0 Å². The van der Waals surface area contributed by atoms with E-state index in [1.54, 1.807) is 0 Å². The van der Waals surface area contributed by atoms with Gasteiger partial charge in [0, 0.05) is 5.54 Å². The molecule has 2 unspecified atom stereocenters. The van der Waals surface area contributed by atoms with E-state index in [9.17, 15) is 0 Å². The summed E-state index contributed by atoms with van der Waals surface area (Å²) in [6.45, 7) is 2.24. The molecular weight excluding hydrogens is 253 g/mol. The quantitative estimate of drug-likeness (QED) is 0.826. The van der Waals surface area contributed by atoms with Crippen molar-refractivity contribution in [2.45, 2.75) is 44.6 Å². The highest BCUT2D eigenvalue weighted by Gasteiger charge is 2.33. The molecule has 1 saturated carbocycles. The van der Waals surface area contributed by atoms with Crippen molar-refractivity contribution in [1.82, 2.24) is 0 Å². The Morgan fingerprint density at radius 1 is 1.35 bits per heavy atom. The molecule has 1 fully saturated rings. The first-order chi connectivity index (χ1) is 8.05. The number of hydrogen-bond acceptors (Lipinski definition) is 1. The van der Waals surface area contributed by atoms with Crippen LogP contribution in [0.3, 0.4) is 0 Å². The fourth-order valence-electron chi connectivity index (χ4n) is 2.84. The van der Waals surface area contributed by atoms with Gasteiger partial charge in [-0.25, -0.2) is 0 Å². The van der Waals surface area contributed by atoms with E-state index in [-0.39, 0.29) is 5.54 Å². The summed E-state index contributed by atoms with van der Waals surface area (Å²) in [6, 6.07) is 5.80. The van der Waals surface area contributed by atoms with Crippen LogP contribution >= 0.6 is 23.2 Å². The third-order valence-corrected chi connectivity index (χ3v) is 4.70. The van der Waals surface area contributed by atoms with Crippen molar-refractivity contribution in [3.05, 3.63) is 33.8 Å². The standard InChI is InChI=1S/C14H19Cl2N/c1-2-10-4-3-7-14(17,9-10)11-5-6-12(15)13(16)8-11/h5-6,8,10H,2-4,7,9,17H2,1H3. The van der Waals surface area contributed by atoms with Crippen molar-refractivity contribution in [2.24, 2.45) is 11.7 Å². The van der Waals surface area contributed by atoms with Gasteiger partial charge in [-0.05, 0) is 36.5 Å². The Hall–Kier alpha value is -0.240. The van der Waals surface area contributed by atoms with E-state index < -0.39 is 0 Å². The molecule has 0 radical (unpaired) electrons. The Bertz CT molecular complexity index is 405. The summed E-state index contributed by atoms with van der Waals surface area (Å²) in [4.78, 5) is 0. The third kappa shape index (κ3) is 2.78. The van der Waals surface area contributed by atoms with Crippen LogP contribution in [0.5, 0.6) is 0 Å². The molecule has 2 atom stereocenters. The molecule has 0 aromatic heterocycles. The molecule has 1 aliphatic rings. The molecule has 1 nitrogen and oxygen atoms in total. The van der Waals surface area contributed by atoms with Crippen LogP contribution in [0, 0.1) is 5.92 Å². The first kappa shape index (κ1) is 13.2. The Labute approximate surface area is 113 Å². The van der Waals surface area contributed by atoms with Gasteiger partial charge in [-0.1, -0.05) is 55.5 Å². The lowest BCUT2D eigenvalue weighted by Gasteiger charge is -2.38. The number of halogens is 2. The topological polar surface area (TPSA) is 26.0 Å². The summed E-state index contributed by atoms with van der Waals surface area (Å²) in [5.41, 5.74) is 7.48. The summed E-state index contributed by atoms with van der Waals surface area (Å²) in [5.74, 6) is 0.739. The zero-order valence-corrected chi connectivity index (χ0v) is 11.7. The SMILES string of the molecule is CCC1CCCC(N)(c2ccc(Cl)c(Cl)c2)C1. The number of hydrogen-bond donors (Lipinski definition) is 1. The van der Waals surface area contributed by atoms with Gasteiger partial charge < -0.3 is 5.73 Å². The van der Waals surface area contributed by atoms with E-state index >= 15 is 0 Å². The van der Waals surface area contributed by atoms with Crippen molar-refractivity contribution < 1.29 is 0 Å². The molecule has 94 valence electrons. The van der Waals surface area contributed by atoms with Crippen molar-refractivity contribution in [1.29, 1.82) is 0 Å². The van der Waals surface area contributed by atoms with Crippen LogP contribution in [0.1, 0.15) is 44.6 Å². The maximum Gasteiger partial charge on any atom is 0.0595 e. The number of nitrogens with two attached hydrogens (primary N) is 1. The minimum absolute atomic E-state index is 0.215. The van der Waals surface area contributed by atoms with Gasteiger partial charge in [-0.15, -0.1) is 0 Å². The van der Waals surface area contributed by atoms with Crippen LogP contribution in [0.2, 0.25) is 10.0 Å². The predicted octanol–water partition coefficient (Wildman–Crippen LogP) is 4.75. The predicted molar refractivity (Wildman–Crippen MR) is 74.6 cm³/mol. The molecule has 3 heteroatoms. The molecule has 0 saturated heterocycles. The fraction of sp³-hybridized carbons (Fsp3) is 0.571. The zero-order valence-electron chi connectivity index (χ0n) is 10.2. The first-order valence-electron chi connectivity index (χ1n) is 6.29. The lowest BCUT2D eigenvalue weighted by Crippen LogP contribution is -2.41. The van der Waals surface area contributed by atoms with E-state index in [4.69, 9.17) is 28.9 Å². The zero-order chi connectivity index (χ0) is 12.5. The van der Waals surface area contributed by atoms with Crippen molar-refractivity contribution >= 4 is 23.2 Å². The van der Waals surface area contributed by atoms with Crippen molar-refractivity contribution in [2.75, 3.05) is 0 Å². The minimum atomic E-state index is -0.215. The lowest BCUT2D eigenvalue weighted by atomic mass is 9.72. The summed E-state index contributed by atoms with van der Waals surface area (Å²) in [7, 11) is 0. The monoisotopic (exact) mass is 271 g/mol. The molecule has 2 N–H and O–H groups in total. The first-order valence-corrected chi connectivity index (χ1v) is 7.05. The normalized spacial score (nSPS) is 29.3. The highest BCUT2D eigenvalue weighted by Crippen LogP contribution is 2.40. The van der Waals surface area contributed by atoms with Crippen LogP contribution < -0.4 is 5.73 Å². The molecular formula is C14H19Cl2N. The van der Waals surface area contributed by atoms with Gasteiger partial charge in [0.25, 0.3) is 0 Å². The molecule has 1 aromatic rings. The Kier molecular flexibility index (Phi) is 4.02. The van der Waals surface area contributed by atoms with Crippen LogP contribution in [-0.2, 0) is 5.54 Å². The van der Waals surface area contributed by atoms with Gasteiger partial charge in [-0.3, -0.25) is 0 Å². The van der Waals surface area contributed by atoms with Crippen LogP contribution in [-0.4, -0.2) is 0 Å². The average molecular weight is 272 g/mol. The summed E-state index contributed by atoms with van der Waals surface area (Å²) < 4.78 is 0. The van der Waals surface area contributed by atoms with Crippen LogP contribution in [0.15, 0.2) is 18.2 Å². The van der Waals surface area contributed by atoms with Crippen LogP contribution in [0.4, 0.5) is 0 Å². The molecule has 0 heterocycles. The van der Waals surface area contributed by atoms with Gasteiger partial charge in [-0.2, -0.15) is 0 Å². The third-order valence-electron chi connectivity index (χ3n) is 3.96. The van der Waals surface area contributed by atoms with E-state index in [1.165, 1.54) is 19.3 Å². The summed E-state index contributed by atoms with van der Waals surface area (Å²) >= 11 is 12.0. The van der Waals surface area contributed by atoms with Gasteiger partial charge in [0.05, 0.1) is 10.0 Å². The maximum atomic E-state index is 6.56. The Morgan fingerprint density at radius 2 is 2.12 bits per heavy atom. The fourth-order valence-corrected chi connectivity index (χ4v) is 3.14. The average Bonchev–Trinajstić information content (AvgIpc) is 2.32. The van der Waals surface area contributed by atoms with Crippen LogP contribution in [0.25, 0.3) is 0 Å². The van der Waals surface area contributed by atoms with E-state index in [1.807, 2.05) is 18.2 Å². The molecule has 0 bridgehead atoms. The number of benzene rings is 1. The molecule has 17 heavy (non-hydrogen) atoms.